The van der Waals surface area contributed by atoms with E-state index >= 15 is 0 Å². The number of hydrogen-bond acceptors (Lipinski definition) is 2. The van der Waals surface area contributed by atoms with Crippen molar-refractivity contribution in [2.24, 2.45) is 4.99 Å². The Morgan fingerprint density at radius 1 is 1.11 bits per heavy atom. The minimum absolute atomic E-state index is 0.212. The zero-order chi connectivity index (χ0) is 19.8. The molecule has 0 radical (unpaired) electrons. The molecule has 0 saturated heterocycles. The largest absolute Gasteiger partial charge is 0.366 e. The summed E-state index contributed by atoms with van der Waals surface area (Å²) in [6.07, 6.45) is 4.41. The summed E-state index contributed by atoms with van der Waals surface area (Å²) >= 11 is 0. The maximum absolute atomic E-state index is 4.80. The van der Waals surface area contributed by atoms with Crippen LogP contribution in [-0.4, -0.2) is 18.3 Å². The van der Waals surface area contributed by atoms with E-state index in [9.17, 15) is 0 Å². The average Bonchev–Trinajstić information content (AvgIpc) is 2.58. The second-order valence-electron chi connectivity index (χ2n) is 8.88. The van der Waals surface area contributed by atoms with Crippen molar-refractivity contribution in [1.29, 1.82) is 0 Å². The molecule has 0 bridgehead atoms. The van der Waals surface area contributed by atoms with Crippen LogP contribution in [0.1, 0.15) is 74.3 Å². The van der Waals surface area contributed by atoms with E-state index in [2.05, 4.69) is 83.7 Å². The Kier molecular flexibility index (Phi) is 5.46. The number of fused-ring (bicyclic) bond motifs is 1. The van der Waals surface area contributed by atoms with Gasteiger partial charge in [-0.05, 0) is 93.8 Å². The third-order valence-corrected chi connectivity index (χ3v) is 5.92. The molecular formula is C25H34N2. The lowest BCUT2D eigenvalue weighted by molar-refractivity contribution is 0.376. The van der Waals surface area contributed by atoms with E-state index in [0.717, 1.165) is 12.2 Å². The van der Waals surface area contributed by atoms with E-state index in [1.165, 1.54) is 46.3 Å². The summed E-state index contributed by atoms with van der Waals surface area (Å²) in [7, 11) is 0. The molecule has 0 N–H and O–H groups in total. The van der Waals surface area contributed by atoms with Gasteiger partial charge in [-0.15, -0.1) is 0 Å². The van der Waals surface area contributed by atoms with E-state index in [0.29, 0.717) is 5.92 Å². The van der Waals surface area contributed by atoms with Crippen LogP contribution in [0, 0.1) is 20.8 Å². The minimum Gasteiger partial charge on any atom is -0.366 e. The second-order valence-corrected chi connectivity index (χ2v) is 8.88. The molecule has 0 fully saturated rings. The average molecular weight is 363 g/mol. The number of aryl methyl sites for hydroxylation is 3. The highest BCUT2D eigenvalue weighted by atomic mass is 15.2. The van der Waals surface area contributed by atoms with Crippen molar-refractivity contribution in [1.82, 2.24) is 0 Å². The molecule has 27 heavy (non-hydrogen) atoms. The molecule has 0 saturated carbocycles. The van der Waals surface area contributed by atoms with Gasteiger partial charge in [0.2, 0.25) is 0 Å². The molecule has 1 unspecified atom stereocenters. The molecule has 1 heterocycles. The fourth-order valence-corrected chi connectivity index (χ4v) is 4.53. The maximum atomic E-state index is 4.80. The molecule has 1 atom stereocenters. The molecule has 0 spiro atoms. The van der Waals surface area contributed by atoms with Crippen LogP contribution in [-0.2, 0) is 0 Å². The standard InChI is InChI=1S/C25H34N2/c1-8-11-27-24-13-18(3)21(14-22(24)20(5)15-25(27,6)7)16-26-23-10-9-17(2)12-19(23)4/h9-10,12-14,16,20H,8,11,15H2,1-7H3. The van der Waals surface area contributed by atoms with Crippen molar-refractivity contribution in [2.45, 2.75) is 72.8 Å². The van der Waals surface area contributed by atoms with E-state index in [-0.39, 0.29) is 5.54 Å². The van der Waals surface area contributed by atoms with Crippen LogP contribution in [0.4, 0.5) is 11.4 Å². The third kappa shape index (κ3) is 3.95. The van der Waals surface area contributed by atoms with Crippen LogP contribution in [0.2, 0.25) is 0 Å². The monoisotopic (exact) mass is 362 g/mol. The molecule has 2 heteroatoms. The molecule has 0 aromatic heterocycles. The summed E-state index contributed by atoms with van der Waals surface area (Å²) in [5, 5.41) is 0. The van der Waals surface area contributed by atoms with E-state index in [1.54, 1.807) is 0 Å². The second kappa shape index (κ2) is 7.50. The lowest BCUT2D eigenvalue weighted by Gasteiger charge is -2.48. The number of rotatable bonds is 4. The Morgan fingerprint density at radius 3 is 2.52 bits per heavy atom. The van der Waals surface area contributed by atoms with E-state index < -0.39 is 0 Å². The Balaban J connectivity index is 2.00. The molecule has 1 aliphatic heterocycles. The molecule has 1 aliphatic rings. The van der Waals surface area contributed by atoms with Gasteiger partial charge >= 0.3 is 0 Å². The minimum atomic E-state index is 0.212. The molecule has 2 aromatic carbocycles. The highest BCUT2D eigenvalue weighted by Crippen LogP contribution is 2.44. The SMILES string of the molecule is CCCN1c2cc(C)c(C=Nc3ccc(C)cc3C)cc2C(C)CC1(C)C. The molecule has 144 valence electrons. The smallest absolute Gasteiger partial charge is 0.0659 e. The maximum Gasteiger partial charge on any atom is 0.0659 e. The highest BCUT2D eigenvalue weighted by Gasteiger charge is 2.36. The number of benzene rings is 2. The van der Waals surface area contributed by atoms with Crippen LogP contribution in [0.25, 0.3) is 0 Å². The Hall–Kier alpha value is -2.09. The van der Waals surface area contributed by atoms with Crippen LogP contribution in [0.5, 0.6) is 0 Å². The van der Waals surface area contributed by atoms with Gasteiger partial charge < -0.3 is 4.90 Å². The first-order valence-electron chi connectivity index (χ1n) is 10.3. The van der Waals surface area contributed by atoms with Gasteiger partial charge in [0.05, 0.1) is 5.69 Å². The molecular weight excluding hydrogens is 328 g/mol. The van der Waals surface area contributed by atoms with Gasteiger partial charge in [-0.25, -0.2) is 0 Å². The fourth-order valence-electron chi connectivity index (χ4n) is 4.53. The van der Waals surface area contributed by atoms with Gasteiger partial charge in [0, 0.05) is 24.0 Å². The van der Waals surface area contributed by atoms with Crippen LogP contribution in [0.15, 0.2) is 35.3 Å². The van der Waals surface area contributed by atoms with Gasteiger partial charge in [0.1, 0.15) is 0 Å². The topological polar surface area (TPSA) is 15.6 Å². The summed E-state index contributed by atoms with van der Waals surface area (Å²) in [5.41, 5.74) is 9.19. The fraction of sp³-hybridized carbons (Fsp3) is 0.480. The lowest BCUT2D eigenvalue weighted by atomic mass is 9.79. The van der Waals surface area contributed by atoms with Gasteiger partial charge in [0.25, 0.3) is 0 Å². The van der Waals surface area contributed by atoms with Crippen molar-refractivity contribution in [3.8, 4) is 0 Å². The number of anilines is 1. The lowest BCUT2D eigenvalue weighted by Crippen LogP contribution is -2.48. The summed E-state index contributed by atoms with van der Waals surface area (Å²) < 4.78 is 0. The van der Waals surface area contributed by atoms with Crippen molar-refractivity contribution in [3.05, 3.63) is 58.1 Å². The molecule has 2 aromatic rings. The third-order valence-electron chi connectivity index (χ3n) is 5.92. The molecule has 0 aliphatic carbocycles. The van der Waals surface area contributed by atoms with E-state index in [1.807, 2.05) is 6.21 Å². The van der Waals surface area contributed by atoms with E-state index in [4.69, 9.17) is 4.99 Å². The summed E-state index contributed by atoms with van der Waals surface area (Å²) in [6, 6.07) is 11.2. The number of aliphatic imine (C=N–C) groups is 1. The molecule has 2 nitrogen and oxygen atoms in total. The number of hydrogen-bond donors (Lipinski definition) is 0. The van der Waals surface area contributed by atoms with Gasteiger partial charge in [-0.1, -0.05) is 31.5 Å². The van der Waals surface area contributed by atoms with Gasteiger partial charge in [-0.2, -0.15) is 0 Å². The van der Waals surface area contributed by atoms with Crippen molar-refractivity contribution < 1.29 is 0 Å². The summed E-state index contributed by atoms with van der Waals surface area (Å²) in [6.45, 7) is 17.0. The Bertz CT molecular complexity index is 861. The van der Waals surface area contributed by atoms with Crippen LogP contribution < -0.4 is 4.90 Å². The Morgan fingerprint density at radius 2 is 1.85 bits per heavy atom. The van der Waals surface area contributed by atoms with Crippen LogP contribution >= 0.6 is 0 Å². The predicted molar refractivity (Wildman–Crippen MR) is 119 cm³/mol. The first kappa shape index (κ1) is 19.7. The normalized spacial score (nSPS) is 18.8. The van der Waals surface area contributed by atoms with Crippen molar-refractivity contribution in [3.63, 3.8) is 0 Å². The number of nitrogens with zero attached hydrogens (tertiary/aromatic N) is 2. The zero-order valence-corrected chi connectivity index (χ0v) is 18.1. The van der Waals surface area contributed by atoms with Crippen LogP contribution in [0.3, 0.4) is 0 Å². The van der Waals surface area contributed by atoms with Gasteiger partial charge in [-0.3, -0.25) is 4.99 Å². The van der Waals surface area contributed by atoms with Gasteiger partial charge in [0.15, 0.2) is 0 Å². The highest BCUT2D eigenvalue weighted by molar-refractivity contribution is 5.86. The van der Waals surface area contributed by atoms with Crippen molar-refractivity contribution in [2.75, 3.05) is 11.4 Å². The first-order chi connectivity index (χ1) is 12.7. The quantitative estimate of drug-likeness (QED) is 0.542. The van der Waals surface area contributed by atoms with Crippen molar-refractivity contribution >= 4 is 17.6 Å². The zero-order valence-electron chi connectivity index (χ0n) is 18.1. The Labute approximate surface area is 165 Å². The summed E-state index contributed by atoms with van der Waals surface area (Å²) in [4.78, 5) is 7.41. The first-order valence-corrected chi connectivity index (χ1v) is 10.3. The molecule has 3 rings (SSSR count). The predicted octanol–water partition coefficient (Wildman–Crippen LogP) is 6.86. The molecule has 0 amide bonds. The summed E-state index contributed by atoms with van der Waals surface area (Å²) in [5.74, 6) is 0.567.